The SMILES string of the molecule is O=C(NCCOc1cccc(CCC2CC2)c1)C(F)(F)F. The Balaban J connectivity index is 1.70. The van der Waals surface area contributed by atoms with Gasteiger partial charge in [0.2, 0.25) is 0 Å². The number of rotatable bonds is 7. The van der Waals surface area contributed by atoms with E-state index in [4.69, 9.17) is 4.74 Å². The van der Waals surface area contributed by atoms with Crippen molar-refractivity contribution in [1.82, 2.24) is 5.32 Å². The normalized spacial score (nSPS) is 14.8. The van der Waals surface area contributed by atoms with Crippen LogP contribution in [0.1, 0.15) is 24.8 Å². The zero-order valence-electron chi connectivity index (χ0n) is 11.6. The second-order valence-electron chi connectivity index (χ2n) is 5.23. The zero-order valence-corrected chi connectivity index (χ0v) is 11.6. The Kier molecular flexibility index (Phi) is 5.09. The molecular weight excluding hydrogens is 283 g/mol. The van der Waals surface area contributed by atoms with Gasteiger partial charge < -0.3 is 10.1 Å². The van der Waals surface area contributed by atoms with E-state index in [1.54, 1.807) is 11.4 Å². The molecule has 21 heavy (non-hydrogen) atoms. The molecule has 1 amide bonds. The molecule has 0 aromatic heterocycles. The summed E-state index contributed by atoms with van der Waals surface area (Å²) in [6.07, 6.45) is -0.0509. The molecule has 3 nitrogen and oxygen atoms in total. The van der Waals surface area contributed by atoms with Gasteiger partial charge in [-0.05, 0) is 36.5 Å². The molecule has 0 saturated heterocycles. The molecule has 1 aliphatic rings. The third kappa shape index (κ3) is 5.65. The standard InChI is InChI=1S/C15H18F3NO2/c16-15(17,18)14(20)19-8-9-21-13-3-1-2-12(10-13)7-6-11-4-5-11/h1-3,10-11H,4-9H2,(H,19,20). The minimum atomic E-state index is -4.84. The number of aryl methyl sites for hydroxylation is 1. The molecule has 0 spiro atoms. The number of hydrogen-bond acceptors (Lipinski definition) is 2. The van der Waals surface area contributed by atoms with Gasteiger partial charge in [-0.2, -0.15) is 13.2 Å². The number of amides is 1. The van der Waals surface area contributed by atoms with Crippen molar-refractivity contribution >= 4 is 5.91 Å². The van der Waals surface area contributed by atoms with Crippen molar-refractivity contribution < 1.29 is 22.7 Å². The zero-order chi connectivity index (χ0) is 15.3. The maximum atomic E-state index is 12.0. The van der Waals surface area contributed by atoms with Crippen LogP contribution in [0.4, 0.5) is 13.2 Å². The second-order valence-corrected chi connectivity index (χ2v) is 5.23. The number of halogens is 3. The van der Waals surface area contributed by atoms with Crippen molar-refractivity contribution in [3.8, 4) is 5.75 Å². The van der Waals surface area contributed by atoms with Gasteiger partial charge in [0.15, 0.2) is 0 Å². The highest BCUT2D eigenvalue weighted by Crippen LogP contribution is 2.33. The first-order valence-corrected chi connectivity index (χ1v) is 7.02. The fourth-order valence-corrected chi connectivity index (χ4v) is 2.00. The van der Waals surface area contributed by atoms with Gasteiger partial charge in [0.1, 0.15) is 12.4 Å². The molecule has 0 heterocycles. The fourth-order valence-electron chi connectivity index (χ4n) is 2.00. The van der Waals surface area contributed by atoms with Crippen LogP contribution in [-0.2, 0) is 11.2 Å². The van der Waals surface area contributed by atoms with Crippen molar-refractivity contribution in [3.05, 3.63) is 29.8 Å². The number of carbonyl (C=O) groups excluding carboxylic acids is 1. The quantitative estimate of drug-likeness (QED) is 0.786. The first-order valence-electron chi connectivity index (χ1n) is 7.02. The lowest BCUT2D eigenvalue weighted by atomic mass is 10.1. The van der Waals surface area contributed by atoms with Crippen LogP contribution in [-0.4, -0.2) is 25.2 Å². The summed E-state index contributed by atoms with van der Waals surface area (Å²) in [5.74, 6) is -0.471. The summed E-state index contributed by atoms with van der Waals surface area (Å²) in [4.78, 5) is 10.6. The van der Waals surface area contributed by atoms with Gasteiger partial charge in [-0.15, -0.1) is 0 Å². The smallest absolute Gasteiger partial charge is 0.471 e. The average Bonchev–Trinajstić information content (AvgIpc) is 3.25. The summed E-state index contributed by atoms with van der Waals surface area (Å²) in [5.41, 5.74) is 1.17. The van der Waals surface area contributed by atoms with Crippen LogP contribution in [0, 0.1) is 5.92 Å². The van der Waals surface area contributed by atoms with E-state index in [0.717, 1.165) is 12.3 Å². The van der Waals surface area contributed by atoms with Crippen LogP contribution >= 0.6 is 0 Å². The predicted molar refractivity (Wildman–Crippen MR) is 72.0 cm³/mol. The first kappa shape index (κ1) is 15.7. The molecule has 0 radical (unpaired) electrons. The van der Waals surface area contributed by atoms with Crippen molar-refractivity contribution in [1.29, 1.82) is 0 Å². The monoisotopic (exact) mass is 301 g/mol. The Bertz CT molecular complexity index is 484. The second kappa shape index (κ2) is 6.83. The average molecular weight is 301 g/mol. The number of hydrogen-bond donors (Lipinski definition) is 1. The summed E-state index contributed by atoms with van der Waals surface area (Å²) in [6, 6.07) is 7.53. The molecule has 1 fully saturated rings. The van der Waals surface area contributed by atoms with Crippen LogP contribution in [0.25, 0.3) is 0 Å². The lowest BCUT2D eigenvalue weighted by Crippen LogP contribution is -2.38. The number of ether oxygens (including phenoxy) is 1. The van der Waals surface area contributed by atoms with Gasteiger partial charge in [-0.1, -0.05) is 25.0 Å². The van der Waals surface area contributed by atoms with Gasteiger partial charge in [-0.3, -0.25) is 4.79 Å². The van der Waals surface area contributed by atoms with Crippen LogP contribution in [0.2, 0.25) is 0 Å². The topological polar surface area (TPSA) is 38.3 Å². The predicted octanol–water partition coefficient (Wildman–Crippen LogP) is 3.09. The minimum Gasteiger partial charge on any atom is -0.492 e. The third-order valence-corrected chi connectivity index (χ3v) is 3.35. The molecule has 1 aliphatic carbocycles. The van der Waals surface area contributed by atoms with E-state index in [9.17, 15) is 18.0 Å². The summed E-state index contributed by atoms with van der Waals surface area (Å²) in [6.45, 7) is -0.168. The molecule has 1 N–H and O–H groups in total. The summed E-state index contributed by atoms with van der Waals surface area (Å²) in [5, 5.41) is 1.77. The highest BCUT2D eigenvalue weighted by Gasteiger charge is 2.38. The van der Waals surface area contributed by atoms with Crippen molar-refractivity contribution in [2.75, 3.05) is 13.2 Å². The molecule has 0 bridgehead atoms. The van der Waals surface area contributed by atoms with E-state index in [1.165, 1.54) is 24.8 Å². The van der Waals surface area contributed by atoms with Gasteiger partial charge >= 0.3 is 12.1 Å². The lowest BCUT2D eigenvalue weighted by Gasteiger charge is -2.10. The minimum absolute atomic E-state index is 0.00784. The molecule has 1 aromatic carbocycles. The Hall–Kier alpha value is -1.72. The maximum absolute atomic E-state index is 12.0. The molecular formula is C15H18F3NO2. The van der Waals surface area contributed by atoms with E-state index in [2.05, 4.69) is 0 Å². The largest absolute Gasteiger partial charge is 0.492 e. The maximum Gasteiger partial charge on any atom is 0.471 e. The van der Waals surface area contributed by atoms with E-state index in [1.807, 2.05) is 18.2 Å². The molecule has 116 valence electrons. The molecule has 1 aromatic rings. The number of carbonyl (C=O) groups is 1. The van der Waals surface area contributed by atoms with Crippen LogP contribution in [0.5, 0.6) is 5.75 Å². The molecule has 6 heteroatoms. The van der Waals surface area contributed by atoms with Crippen molar-refractivity contribution in [3.63, 3.8) is 0 Å². The first-order chi connectivity index (χ1) is 9.95. The number of benzene rings is 1. The number of nitrogens with one attached hydrogen (secondary N) is 1. The molecule has 0 atom stereocenters. The molecule has 2 rings (SSSR count). The Morgan fingerprint density at radius 3 is 2.76 bits per heavy atom. The Morgan fingerprint density at radius 1 is 1.33 bits per heavy atom. The third-order valence-electron chi connectivity index (χ3n) is 3.35. The Morgan fingerprint density at radius 2 is 2.10 bits per heavy atom. The molecule has 0 unspecified atom stereocenters. The Labute approximate surface area is 121 Å². The summed E-state index contributed by atoms with van der Waals surface area (Å²) >= 11 is 0. The van der Waals surface area contributed by atoms with Gasteiger partial charge in [0.05, 0.1) is 6.54 Å². The van der Waals surface area contributed by atoms with Crippen LogP contribution in [0.15, 0.2) is 24.3 Å². The van der Waals surface area contributed by atoms with E-state index in [-0.39, 0.29) is 13.2 Å². The van der Waals surface area contributed by atoms with Crippen LogP contribution in [0.3, 0.4) is 0 Å². The van der Waals surface area contributed by atoms with Crippen LogP contribution < -0.4 is 10.1 Å². The highest BCUT2D eigenvalue weighted by atomic mass is 19.4. The fraction of sp³-hybridized carbons (Fsp3) is 0.533. The molecule has 1 saturated carbocycles. The molecule has 0 aliphatic heterocycles. The van der Waals surface area contributed by atoms with E-state index >= 15 is 0 Å². The highest BCUT2D eigenvalue weighted by molar-refractivity contribution is 5.81. The van der Waals surface area contributed by atoms with Crippen molar-refractivity contribution in [2.24, 2.45) is 5.92 Å². The van der Waals surface area contributed by atoms with E-state index in [0.29, 0.717) is 5.75 Å². The summed E-state index contributed by atoms with van der Waals surface area (Å²) in [7, 11) is 0. The summed E-state index contributed by atoms with van der Waals surface area (Å²) < 4.78 is 41.2. The van der Waals surface area contributed by atoms with Gasteiger partial charge in [0, 0.05) is 0 Å². The van der Waals surface area contributed by atoms with E-state index < -0.39 is 12.1 Å². The van der Waals surface area contributed by atoms with Gasteiger partial charge in [0.25, 0.3) is 0 Å². The lowest BCUT2D eigenvalue weighted by molar-refractivity contribution is -0.173. The van der Waals surface area contributed by atoms with Gasteiger partial charge in [-0.25, -0.2) is 0 Å². The number of alkyl halides is 3. The van der Waals surface area contributed by atoms with Crippen molar-refractivity contribution in [2.45, 2.75) is 31.9 Å².